The molecule has 0 aliphatic carbocycles. The van der Waals surface area contributed by atoms with Gasteiger partial charge in [-0.25, -0.2) is 0 Å². The maximum atomic E-state index is 12.4. The van der Waals surface area contributed by atoms with Gasteiger partial charge in [0, 0.05) is 13.6 Å². The molecule has 0 fully saturated rings. The molecule has 1 aromatic rings. The molecule has 1 aliphatic rings. The molecule has 0 radical (unpaired) electrons. The number of hydrogen-bond acceptors (Lipinski definition) is 5. The molecule has 1 atom stereocenters. The first-order chi connectivity index (χ1) is 10.9. The van der Waals surface area contributed by atoms with Crippen LogP contribution in [-0.2, 0) is 14.3 Å². The molecule has 122 valence electrons. The molecule has 7 nitrogen and oxygen atoms in total. The number of fused-ring (bicyclic) bond motifs is 1. The number of esters is 1. The van der Waals surface area contributed by atoms with Crippen molar-refractivity contribution in [3.8, 4) is 0 Å². The molecule has 1 aliphatic heterocycles. The number of amides is 3. The second-order valence-corrected chi connectivity index (χ2v) is 5.29. The molecule has 0 N–H and O–H groups in total. The van der Waals surface area contributed by atoms with Gasteiger partial charge in [0.2, 0.25) is 5.91 Å². The summed E-state index contributed by atoms with van der Waals surface area (Å²) in [5.74, 6) is -1.80. The minimum absolute atomic E-state index is 0.0492. The molecule has 0 saturated carbocycles. The fourth-order valence-corrected chi connectivity index (χ4v) is 2.46. The number of carbonyl (C=O) groups excluding carboxylic acids is 4. The largest absolute Gasteiger partial charge is 0.469 e. The van der Waals surface area contributed by atoms with E-state index in [-0.39, 0.29) is 13.0 Å². The van der Waals surface area contributed by atoms with Crippen molar-refractivity contribution in [1.82, 2.24) is 9.80 Å². The third-order valence-corrected chi connectivity index (χ3v) is 3.83. The highest BCUT2D eigenvalue weighted by molar-refractivity contribution is 6.22. The Morgan fingerprint density at radius 2 is 1.70 bits per heavy atom. The summed E-state index contributed by atoms with van der Waals surface area (Å²) in [5.41, 5.74) is 0.601. The SMILES string of the molecule is COC(=O)CCN(C)C(=O)C(C)N1C(=O)c2ccccc2C1=O. The van der Waals surface area contributed by atoms with Gasteiger partial charge in [0.05, 0.1) is 24.7 Å². The van der Waals surface area contributed by atoms with Gasteiger partial charge in [0.15, 0.2) is 0 Å². The lowest BCUT2D eigenvalue weighted by Gasteiger charge is -2.26. The van der Waals surface area contributed by atoms with E-state index in [4.69, 9.17) is 0 Å². The normalized spacial score (nSPS) is 14.5. The smallest absolute Gasteiger partial charge is 0.307 e. The molecule has 2 rings (SSSR count). The molecule has 1 aromatic carbocycles. The highest BCUT2D eigenvalue weighted by atomic mass is 16.5. The van der Waals surface area contributed by atoms with E-state index < -0.39 is 29.7 Å². The van der Waals surface area contributed by atoms with Crippen LogP contribution in [0.4, 0.5) is 0 Å². The summed E-state index contributed by atoms with van der Waals surface area (Å²) in [6, 6.07) is 5.52. The van der Waals surface area contributed by atoms with E-state index in [0.717, 1.165) is 4.90 Å². The van der Waals surface area contributed by atoms with Crippen LogP contribution in [-0.4, -0.2) is 60.2 Å². The quantitative estimate of drug-likeness (QED) is 0.589. The molecular weight excluding hydrogens is 300 g/mol. The number of benzene rings is 1. The number of carbonyl (C=O) groups is 4. The zero-order valence-corrected chi connectivity index (χ0v) is 13.2. The Balaban J connectivity index is 2.10. The predicted molar refractivity (Wildman–Crippen MR) is 80.7 cm³/mol. The van der Waals surface area contributed by atoms with E-state index in [0.29, 0.717) is 11.1 Å². The number of rotatable bonds is 5. The van der Waals surface area contributed by atoms with Gasteiger partial charge < -0.3 is 9.64 Å². The van der Waals surface area contributed by atoms with Crippen molar-refractivity contribution in [1.29, 1.82) is 0 Å². The number of imide groups is 1. The summed E-state index contributed by atoms with van der Waals surface area (Å²) in [5, 5.41) is 0. The average Bonchev–Trinajstić information content (AvgIpc) is 2.82. The van der Waals surface area contributed by atoms with E-state index in [2.05, 4.69) is 4.74 Å². The maximum absolute atomic E-state index is 12.4. The van der Waals surface area contributed by atoms with Gasteiger partial charge in [-0.3, -0.25) is 24.1 Å². The Morgan fingerprint density at radius 1 is 1.17 bits per heavy atom. The van der Waals surface area contributed by atoms with Crippen molar-refractivity contribution in [2.45, 2.75) is 19.4 Å². The fraction of sp³-hybridized carbons (Fsp3) is 0.375. The summed E-state index contributed by atoms with van der Waals surface area (Å²) in [6.07, 6.45) is 0.0492. The Morgan fingerprint density at radius 3 is 2.17 bits per heavy atom. The average molecular weight is 318 g/mol. The van der Waals surface area contributed by atoms with E-state index in [1.807, 2.05) is 0 Å². The molecule has 0 aromatic heterocycles. The van der Waals surface area contributed by atoms with Crippen molar-refractivity contribution in [2.24, 2.45) is 0 Å². The zero-order chi connectivity index (χ0) is 17.1. The van der Waals surface area contributed by atoms with Crippen molar-refractivity contribution in [3.05, 3.63) is 35.4 Å². The maximum Gasteiger partial charge on any atom is 0.307 e. The minimum atomic E-state index is -0.940. The van der Waals surface area contributed by atoms with Crippen molar-refractivity contribution >= 4 is 23.7 Å². The first-order valence-electron chi connectivity index (χ1n) is 7.17. The summed E-state index contributed by atoms with van der Waals surface area (Å²) in [7, 11) is 2.78. The van der Waals surface area contributed by atoms with E-state index in [1.165, 1.54) is 26.0 Å². The van der Waals surface area contributed by atoms with Gasteiger partial charge in [0.1, 0.15) is 6.04 Å². The lowest BCUT2D eigenvalue weighted by atomic mass is 10.1. The van der Waals surface area contributed by atoms with E-state index >= 15 is 0 Å². The molecule has 0 spiro atoms. The summed E-state index contributed by atoms with van der Waals surface area (Å²) < 4.78 is 4.52. The number of nitrogens with zero attached hydrogens (tertiary/aromatic N) is 2. The summed E-state index contributed by atoms with van der Waals surface area (Å²) >= 11 is 0. The molecule has 0 saturated heterocycles. The highest BCUT2D eigenvalue weighted by Gasteiger charge is 2.41. The van der Waals surface area contributed by atoms with Gasteiger partial charge >= 0.3 is 5.97 Å². The molecule has 7 heteroatoms. The highest BCUT2D eigenvalue weighted by Crippen LogP contribution is 2.24. The molecule has 1 unspecified atom stereocenters. The van der Waals surface area contributed by atoms with Gasteiger partial charge in [-0.15, -0.1) is 0 Å². The topological polar surface area (TPSA) is 84.0 Å². The van der Waals surface area contributed by atoms with Crippen LogP contribution < -0.4 is 0 Å². The Labute approximate surface area is 133 Å². The molecule has 0 bridgehead atoms. The number of ether oxygens (including phenoxy) is 1. The second-order valence-electron chi connectivity index (χ2n) is 5.29. The monoisotopic (exact) mass is 318 g/mol. The van der Waals surface area contributed by atoms with Gasteiger partial charge in [-0.05, 0) is 19.1 Å². The zero-order valence-electron chi connectivity index (χ0n) is 13.2. The lowest BCUT2D eigenvalue weighted by Crippen LogP contribution is -2.48. The second kappa shape index (κ2) is 6.60. The van der Waals surface area contributed by atoms with Gasteiger partial charge in [0.25, 0.3) is 11.8 Å². The van der Waals surface area contributed by atoms with Crippen molar-refractivity contribution in [3.63, 3.8) is 0 Å². The number of methoxy groups -OCH3 is 1. The molecule has 1 heterocycles. The standard InChI is InChI=1S/C16H18N2O5/c1-10(14(20)17(2)9-8-13(19)23-3)18-15(21)11-6-4-5-7-12(11)16(18)22/h4-7,10H,8-9H2,1-3H3. The van der Waals surface area contributed by atoms with Crippen molar-refractivity contribution in [2.75, 3.05) is 20.7 Å². The van der Waals surface area contributed by atoms with Crippen LogP contribution in [0.2, 0.25) is 0 Å². The third kappa shape index (κ3) is 3.08. The van der Waals surface area contributed by atoms with E-state index in [1.54, 1.807) is 24.3 Å². The van der Waals surface area contributed by atoms with Crippen LogP contribution >= 0.6 is 0 Å². The van der Waals surface area contributed by atoms with Crippen molar-refractivity contribution < 1.29 is 23.9 Å². The van der Waals surface area contributed by atoms with E-state index in [9.17, 15) is 19.2 Å². The predicted octanol–water partition coefficient (Wildman–Crippen LogP) is 0.693. The Kier molecular flexibility index (Phi) is 4.78. The van der Waals surface area contributed by atoms with Crippen LogP contribution in [0.5, 0.6) is 0 Å². The van der Waals surface area contributed by atoms with Crippen LogP contribution in [0.15, 0.2) is 24.3 Å². The molecule has 23 heavy (non-hydrogen) atoms. The first kappa shape index (κ1) is 16.7. The fourth-order valence-electron chi connectivity index (χ4n) is 2.46. The van der Waals surface area contributed by atoms with Crippen LogP contribution in [0.3, 0.4) is 0 Å². The minimum Gasteiger partial charge on any atom is -0.469 e. The lowest BCUT2D eigenvalue weighted by molar-refractivity contribution is -0.142. The van der Waals surface area contributed by atoms with Gasteiger partial charge in [-0.2, -0.15) is 0 Å². The Bertz CT molecular complexity index is 635. The molecule has 3 amide bonds. The number of likely N-dealkylation sites (N-methyl/N-ethyl adjacent to an activating group) is 1. The van der Waals surface area contributed by atoms with Crippen LogP contribution in [0.25, 0.3) is 0 Å². The molecular formula is C16H18N2O5. The number of hydrogen-bond donors (Lipinski definition) is 0. The van der Waals surface area contributed by atoms with Crippen LogP contribution in [0, 0.1) is 0 Å². The summed E-state index contributed by atoms with van der Waals surface area (Å²) in [6.45, 7) is 1.65. The third-order valence-electron chi connectivity index (χ3n) is 3.83. The first-order valence-corrected chi connectivity index (χ1v) is 7.17. The van der Waals surface area contributed by atoms with Gasteiger partial charge in [-0.1, -0.05) is 12.1 Å². The Hall–Kier alpha value is -2.70. The summed E-state index contributed by atoms with van der Waals surface area (Å²) in [4.78, 5) is 50.5. The van der Waals surface area contributed by atoms with Crippen LogP contribution in [0.1, 0.15) is 34.1 Å².